The maximum Gasteiger partial charge on any atom is 0.145 e. The molecule has 1 heterocycles. The minimum Gasteiger partial charge on any atom is -0.298 e. The van der Waals surface area contributed by atoms with Crippen LogP contribution in [0.4, 0.5) is 0 Å². The van der Waals surface area contributed by atoms with Crippen molar-refractivity contribution >= 4 is 17.3 Å². The van der Waals surface area contributed by atoms with Gasteiger partial charge in [0, 0.05) is 10.9 Å². The van der Waals surface area contributed by atoms with E-state index in [1.54, 1.807) is 5.01 Å². The van der Waals surface area contributed by atoms with Crippen LogP contribution >= 0.6 is 11.6 Å². The molecule has 1 unspecified atom stereocenters. The van der Waals surface area contributed by atoms with Crippen LogP contribution in [0.2, 0.25) is 5.02 Å². The molecular formula is C16H17ClN4. The summed E-state index contributed by atoms with van der Waals surface area (Å²) in [6, 6.07) is 17.9. The molecule has 4 N–H and O–H groups in total. The second-order valence-corrected chi connectivity index (χ2v) is 5.50. The highest BCUT2D eigenvalue weighted by Crippen LogP contribution is 2.29. The van der Waals surface area contributed by atoms with Crippen molar-refractivity contribution in [3.05, 3.63) is 70.7 Å². The van der Waals surface area contributed by atoms with Crippen molar-refractivity contribution in [2.45, 2.75) is 12.2 Å². The Labute approximate surface area is 129 Å². The first kappa shape index (κ1) is 14.1. The quantitative estimate of drug-likeness (QED) is 0.855. The SMILES string of the molecule is NC(N)N1CC(c2ccccc2)C(c2ccc(Cl)cc2)=N1. The van der Waals surface area contributed by atoms with Crippen LogP contribution in [0.1, 0.15) is 17.0 Å². The molecule has 0 bridgehead atoms. The number of hydrogen-bond acceptors (Lipinski definition) is 4. The van der Waals surface area contributed by atoms with E-state index >= 15 is 0 Å². The normalized spacial score (nSPS) is 18.2. The fraction of sp³-hybridized carbons (Fsp3) is 0.188. The summed E-state index contributed by atoms with van der Waals surface area (Å²) in [5.41, 5.74) is 14.8. The van der Waals surface area contributed by atoms with Crippen LogP contribution < -0.4 is 11.5 Å². The third-order valence-corrected chi connectivity index (χ3v) is 3.87. The molecule has 0 saturated heterocycles. The molecule has 3 rings (SSSR count). The zero-order valence-corrected chi connectivity index (χ0v) is 12.2. The first-order valence-electron chi connectivity index (χ1n) is 6.82. The fourth-order valence-electron chi connectivity index (χ4n) is 2.54. The lowest BCUT2D eigenvalue weighted by Crippen LogP contribution is -2.45. The molecule has 4 nitrogen and oxygen atoms in total. The van der Waals surface area contributed by atoms with Crippen molar-refractivity contribution in [1.82, 2.24) is 5.01 Å². The van der Waals surface area contributed by atoms with Gasteiger partial charge in [0.05, 0.1) is 12.3 Å². The highest BCUT2D eigenvalue weighted by atomic mass is 35.5. The van der Waals surface area contributed by atoms with Gasteiger partial charge in [0.2, 0.25) is 0 Å². The van der Waals surface area contributed by atoms with E-state index in [0.717, 1.165) is 11.3 Å². The Hall–Kier alpha value is -1.88. The van der Waals surface area contributed by atoms with E-state index in [1.165, 1.54) is 5.56 Å². The van der Waals surface area contributed by atoms with Crippen LogP contribution in [0.3, 0.4) is 0 Å². The van der Waals surface area contributed by atoms with Crippen LogP contribution in [0, 0.1) is 0 Å². The van der Waals surface area contributed by atoms with Gasteiger partial charge < -0.3 is 0 Å². The lowest BCUT2D eigenvalue weighted by molar-refractivity contribution is 0.230. The fourth-order valence-corrected chi connectivity index (χ4v) is 2.66. The Balaban J connectivity index is 1.99. The number of hydrogen-bond donors (Lipinski definition) is 2. The lowest BCUT2D eigenvalue weighted by Gasteiger charge is -2.19. The molecule has 1 aliphatic rings. The summed E-state index contributed by atoms with van der Waals surface area (Å²) in [5, 5.41) is 7.04. The summed E-state index contributed by atoms with van der Waals surface area (Å²) in [6.07, 6.45) is -0.596. The number of rotatable bonds is 3. The highest BCUT2D eigenvalue weighted by Gasteiger charge is 2.30. The van der Waals surface area contributed by atoms with Crippen molar-refractivity contribution in [3.8, 4) is 0 Å². The molecule has 0 amide bonds. The molecule has 2 aromatic carbocycles. The van der Waals surface area contributed by atoms with E-state index in [-0.39, 0.29) is 5.92 Å². The molecule has 1 atom stereocenters. The van der Waals surface area contributed by atoms with Crippen LogP contribution in [0.5, 0.6) is 0 Å². The Morgan fingerprint density at radius 3 is 2.33 bits per heavy atom. The molecule has 21 heavy (non-hydrogen) atoms. The van der Waals surface area contributed by atoms with Gasteiger partial charge in [-0.3, -0.25) is 16.5 Å². The smallest absolute Gasteiger partial charge is 0.145 e. The van der Waals surface area contributed by atoms with Gasteiger partial charge in [-0.15, -0.1) is 0 Å². The predicted molar refractivity (Wildman–Crippen MR) is 86.0 cm³/mol. The van der Waals surface area contributed by atoms with E-state index in [2.05, 4.69) is 17.2 Å². The summed E-state index contributed by atoms with van der Waals surface area (Å²) in [4.78, 5) is 0. The summed E-state index contributed by atoms with van der Waals surface area (Å²) >= 11 is 5.96. The number of nitrogens with zero attached hydrogens (tertiary/aromatic N) is 2. The number of halogens is 1. The molecular weight excluding hydrogens is 284 g/mol. The van der Waals surface area contributed by atoms with Crippen molar-refractivity contribution in [1.29, 1.82) is 0 Å². The van der Waals surface area contributed by atoms with Crippen LogP contribution in [-0.4, -0.2) is 23.6 Å². The molecule has 1 aliphatic heterocycles. The van der Waals surface area contributed by atoms with Gasteiger partial charge in [-0.2, -0.15) is 5.10 Å². The summed E-state index contributed by atoms with van der Waals surface area (Å²) in [7, 11) is 0. The van der Waals surface area contributed by atoms with Crippen molar-refractivity contribution < 1.29 is 0 Å². The molecule has 5 heteroatoms. The molecule has 0 aromatic heterocycles. The van der Waals surface area contributed by atoms with E-state index in [1.807, 2.05) is 42.5 Å². The third-order valence-electron chi connectivity index (χ3n) is 3.62. The first-order valence-corrected chi connectivity index (χ1v) is 7.20. The zero-order valence-electron chi connectivity index (χ0n) is 11.5. The minimum absolute atomic E-state index is 0.155. The predicted octanol–water partition coefficient (Wildman–Crippen LogP) is 2.34. The van der Waals surface area contributed by atoms with Crippen LogP contribution in [0.25, 0.3) is 0 Å². The van der Waals surface area contributed by atoms with Crippen LogP contribution in [-0.2, 0) is 0 Å². The van der Waals surface area contributed by atoms with Gasteiger partial charge in [-0.1, -0.05) is 54.1 Å². The third kappa shape index (κ3) is 2.93. The zero-order chi connectivity index (χ0) is 14.8. The summed E-state index contributed by atoms with van der Waals surface area (Å²) in [6.45, 7) is 0.680. The van der Waals surface area contributed by atoms with Crippen molar-refractivity contribution in [3.63, 3.8) is 0 Å². The molecule has 0 radical (unpaired) electrons. The maximum atomic E-state index is 5.96. The molecule has 0 saturated carbocycles. The van der Waals surface area contributed by atoms with Gasteiger partial charge in [-0.25, -0.2) is 0 Å². The number of benzene rings is 2. The molecule has 0 spiro atoms. The summed E-state index contributed by atoms with van der Waals surface area (Å²) < 4.78 is 0. The van der Waals surface area contributed by atoms with Gasteiger partial charge >= 0.3 is 0 Å². The number of nitrogens with two attached hydrogens (primary N) is 2. The van der Waals surface area contributed by atoms with Crippen molar-refractivity contribution in [2.24, 2.45) is 16.6 Å². The summed E-state index contributed by atoms with van der Waals surface area (Å²) in [5.74, 6) is 0.155. The van der Waals surface area contributed by atoms with Crippen LogP contribution in [0.15, 0.2) is 59.7 Å². The second kappa shape index (κ2) is 5.85. The Morgan fingerprint density at radius 1 is 1.05 bits per heavy atom. The van der Waals surface area contributed by atoms with Gasteiger partial charge in [-0.05, 0) is 23.3 Å². The van der Waals surface area contributed by atoms with Crippen molar-refractivity contribution in [2.75, 3.05) is 6.54 Å². The van der Waals surface area contributed by atoms with Gasteiger partial charge in [0.15, 0.2) is 0 Å². The lowest BCUT2D eigenvalue weighted by atomic mass is 9.91. The monoisotopic (exact) mass is 300 g/mol. The van der Waals surface area contributed by atoms with E-state index in [4.69, 9.17) is 23.1 Å². The Morgan fingerprint density at radius 2 is 1.71 bits per heavy atom. The minimum atomic E-state index is -0.596. The molecule has 0 aliphatic carbocycles. The largest absolute Gasteiger partial charge is 0.298 e. The molecule has 0 fully saturated rings. The van der Waals surface area contributed by atoms with E-state index < -0.39 is 6.29 Å². The maximum absolute atomic E-state index is 5.96. The van der Waals surface area contributed by atoms with E-state index in [9.17, 15) is 0 Å². The molecule has 2 aromatic rings. The molecule has 108 valence electrons. The second-order valence-electron chi connectivity index (χ2n) is 5.07. The highest BCUT2D eigenvalue weighted by molar-refractivity contribution is 6.30. The van der Waals surface area contributed by atoms with E-state index in [0.29, 0.717) is 11.6 Å². The topological polar surface area (TPSA) is 67.6 Å². The Bertz CT molecular complexity index is 637. The average Bonchev–Trinajstić information content (AvgIpc) is 2.94. The Kier molecular flexibility index (Phi) is 3.92. The standard InChI is InChI=1S/C16H17ClN4/c17-13-8-6-12(7-9-13)15-14(10-21(20-15)16(18)19)11-4-2-1-3-5-11/h1-9,14,16H,10,18-19H2. The van der Waals surface area contributed by atoms with Gasteiger partial charge in [0.25, 0.3) is 0 Å². The number of hydrazone groups is 1. The van der Waals surface area contributed by atoms with Gasteiger partial charge in [0.1, 0.15) is 6.29 Å². The first-order chi connectivity index (χ1) is 10.1. The average molecular weight is 301 g/mol.